The fourth-order valence-corrected chi connectivity index (χ4v) is 9.79. The van der Waals surface area contributed by atoms with Crippen molar-refractivity contribution < 1.29 is 0 Å². The topological polar surface area (TPSA) is 0 Å². The van der Waals surface area contributed by atoms with Gasteiger partial charge in [0, 0.05) is 0 Å². The smallest absolute Gasteiger partial charge is 0.0654 e. The first-order chi connectivity index (χ1) is 13.2. The first kappa shape index (κ1) is 27.2. The van der Waals surface area contributed by atoms with Gasteiger partial charge < -0.3 is 0 Å². The third-order valence-electron chi connectivity index (χ3n) is 6.51. The third-order valence-corrected chi connectivity index (χ3v) is 11.9. The van der Waals surface area contributed by atoms with Crippen molar-refractivity contribution in [1.29, 1.82) is 0 Å². The molecule has 0 spiro atoms. The van der Waals surface area contributed by atoms with Crippen LogP contribution in [0.5, 0.6) is 0 Å². The van der Waals surface area contributed by atoms with Gasteiger partial charge in [0.15, 0.2) is 0 Å². The van der Waals surface area contributed by atoms with Crippen LogP contribution in [0.2, 0.25) is 0 Å². The normalized spacial score (nSPS) is 12.4. The monoisotopic (exact) mass is 398 g/mol. The van der Waals surface area contributed by atoms with E-state index in [-0.39, 0.29) is 0 Å². The molecule has 0 amide bonds. The Morgan fingerprint density at radius 3 is 1.19 bits per heavy atom. The predicted molar refractivity (Wildman–Crippen MR) is 133 cm³/mol. The van der Waals surface area contributed by atoms with Crippen molar-refractivity contribution in [3.05, 3.63) is 12.7 Å². The van der Waals surface area contributed by atoms with Crippen molar-refractivity contribution >= 4 is 7.26 Å². The van der Waals surface area contributed by atoms with E-state index in [0.29, 0.717) is 0 Å². The molecule has 1 heteroatoms. The number of hydrogen-bond acceptors (Lipinski definition) is 0. The Hall–Kier alpha value is 0.170. The molecule has 27 heavy (non-hydrogen) atoms. The van der Waals surface area contributed by atoms with Crippen LogP contribution in [-0.2, 0) is 0 Å². The molecule has 0 heterocycles. The van der Waals surface area contributed by atoms with E-state index >= 15 is 0 Å². The summed E-state index contributed by atoms with van der Waals surface area (Å²) in [6.45, 7) is 11.1. The first-order valence-corrected chi connectivity index (χ1v) is 15.7. The van der Waals surface area contributed by atoms with Crippen molar-refractivity contribution in [1.82, 2.24) is 0 Å². The fraction of sp³-hybridized carbons (Fsp3) is 0.923. The van der Waals surface area contributed by atoms with Crippen LogP contribution in [0, 0.1) is 0 Å². The summed E-state index contributed by atoms with van der Waals surface area (Å²) in [5.41, 5.74) is 0. The second-order valence-electron chi connectivity index (χ2n) is 9.19. The minimum atomic E-state index is -1.06. The molecular formula is C26H55P. The second-order valence-corrected chi connectivity index (χ2v) is 14.1. The van der Waals surface area contributed by atoms with E-state index in [1.807, 2.05) is 0 Å². The van der Waals surface area contributed by atoms with E-state index in [9.17, 15) is 0 Å². The van der Waals surface area contributed by atoms with Gasteiger partial charge >= 0.3 is 155 Å². The Balaban J connectivity index is 3.76. The molecule has 0 nitrogen and oxygen atoms in total. The molecule has 0 saturated carbocycles. The van der Waals surface area contributed by atoms with Crippen molar-refractivity contribution in [3.63, 3.8) is 0 Å². The minimum Gasteiger partial charge on any atom is -0.0654 e. The molecule has 0 rings (SSSR count). The first-order valence-electron chi connectivity index (χ1n) is 12.9. The second kappa shape index (κ2) is 20.9. The van der Waals surface area contributed by atoms with Gasteiger partial charge in [0.05, 0.1) is 0 Å². The Morgan fingerprint density at radius 2 is 0.815 bits per heavy atom. The van der Waals surface area contributed by atoms with Crippen LogP contribution in [0.3, 0.4) is 0 Å². The Kier molecular flexibility index (Phi) is 21.0. The molecule has 0 aliphatic rings. The Bertz CT molecular complexity index is 289. The molecular weight excluding hydrogens is 343 g/mol. The fourth-order valence-electron chi connectivity index (χ4n) is 4.61. The van der Waals surface area contributed by atoms with Crippen LogP contribution >= 0.6 is 7.26 Å². The van der Waals surface area contributed by atoms with Gasteiger partial charge in [-0.1, -0.05) is 19.8 Å². The standard InChI is InChI=1S/C26H55P/c1-5-9-12-13-14-15-16-17-18-19-20-21-22-26-27(23-8-4,24-10-6-2)25-11-7-3/h8,27H,4-7,9-26H2,1-3H3. The summed E-state index contributed by atoms with van der Waals surface area (Å²) in [5.74, 6) is 0. The van der Waals surface area contributed by atoms with Crippen molar-refractivity contribution in [3.8, 4) is 0 Å². The zero-order valence-corrected chi connectivity index (χ0v) is 20.6. The predicted octanol–water partition coefficient (Wildman–Crippen LogP) is 9.61. The quantitative estimate of drug-likeness (QED) is 0.0967. The summed E-state index contributed by atoms with van der Waals surface area (Å²) in [4.78, 5) is 0. The maximum absolute atomic E-state index is 4.11. The molecule has 0 aromatic heterocycles. The Morgan fingerprint density at radius 1 is 0.481 bits per heavy atom. The van der Waals surface area contributed by atoms with E-state index in [1.165, 1.54) is 115 Å². The number of rotatable bonds is 22. The van der Waals surface area contributed by atoms with Crippen LogP contribution < -0.4 is 0 Å². The van der Waals surface area contributed by atoms with Crippen molar-refractivity contribution in [2.45, 2.75) is 130 Å². The molecule has 0 unspecified atom stereocenters. The number of hydrogen-bond donors (Lipinski definition) is 0. The molecule has 0 N–H and O–H groups in total. The van der Waals surface area contributed by atoms with Gasteiger partial charge in [-0.2, -0.15) is 0 Å². The van der Waals surface area contributed by atoms with Crippen LogP contribution in [-0.4, -0.2) is 24.6 Å². The number of unbranched alkanes of at least 4 members (excludes halogenated alkanes) is 14. The van der Waals surface area contributed by atoms with E-state index in [1.54, 1.807) is 18.5 Å². The van der Waals surface area contributed by atoms with Gasteiger partial charge in [-0.3, -0.25) is 0 Å². The average molecular weight is 399 g/mol. The van der Waals surface area contributed by atoms with Crippen LogP contribution in [0.1, 0.15) is 130 Å². The van der Waals surface area contributed by atoms with E-state index in [2.05, 4.69) is 33.4 Å². The van der Waals surface area contributed by atoms with Gasteiger partial charge in [0.25, 0.3) is 0 Å². The summed E-state index contributed by atoms with van der Waals surface area (Å²) >= 11 is 0. The summed E-state index contributed by atoms with van der Waals surface area (Å²) in [6, 6.07) is 0. The maximum atomic E-state index is 4.11. The zero-order valence-electron chi connectivity index (χ0n) is 19.6. The minimum absolute atomic E-state index is 1.06. The average Bonchev–Trinajstić information content (AvgIpc) is 2.68. The van der Waals surface area contributed by atoms with Crippen LogP contribution in [0.4, 0.5) is 0 Å². The van der Waals surface area contributed by atoms with E-state index in [0.717, 1.165) is 0 Å². The zero-order chi connectivity index (χ0) is 20.1. The van der Waals surface area contributed by atoms with Gasteiger partial charge in [0.2, 0.25) is 0 Å². The van der Waals surface area contributed by atoms with Crippen LogP contribution in [0.25, 0.3) is 0 Å². The Labute approximate surface area is 174 Å². The van der Waals surface area contributed by atoms with E-state index in [4.69, 9.17) is 0 Å². The molecule has 0 aliphatic heterocycles. The molecule has 0 aromatic carbocycles. The molecule has 0 aromatic rings. The molecule has 0 bridgehead atoms. The number of allylic oxidation sites excluding steroid dienone is 1. The summed E-state index contributed by atoms with van der Waals surface area (Å²) in [5, 5.41) is 0. The summed E-state index contributed by atoms with van der Waals surface area (Å²) < 4.78 is 0. The summed E-state index contributed by atoms with van der Waals surface area (Å²) in [6.07, 6.45) is 33.1. The van der Waals surface area contributed by atoms with Crippen LogP contribution in [0.15, 0.2) is 12.7 Å². The van der Waals surface area contributed by atoms with Crippen molar-refractivity contribution in [2.24, 2.45) is 0 Å². The third kappa shape index (κ3) is 16.8. The molecule has 0 fully saturated rings. The molecule has 0 aliphatic carbocycles. The molecule has 0 saturated heterocycles. The van der Waals surface area contributed by atoms with Gasteiger partial charge in [-0.15, -0.1) is 0 Å². The van der Waals surface area contributed by atoms with Gasteiger partial charge in [0.1, 0.15) is 0 Å². The summed E-state index contributed by atoms with van der Waals surface area (Å²) in [7, 11) is -1.06. The van der Waals surface area contributed by atoms with Gasteiger partial charge in [-0.25, -0.2) is 0 Å². The van der Waals surface area contributed by atoms with Crippen molar-refractivity contribution in [2.75, 3.05) is 24.6 Å². The molecule has 0 radical (unpaired) electrons. The van der Waals surface area contributed by atoms with Gasteiger partial charge in [-0.05, 0) is 0 Å². The molecule has 0 atom stereocenters. The molecule has 164 valence electrons. The SMILES string of the molecule is C=CC[PH](CCCC)(CCCC)CCCCCCCCCCCCCCC. The van der Waals surface area contributed by atoms with E-state index < -0.39 is 7.26 Å².